The molecule has 0 fully saturated rings. The SMILES string of the molecule is Cc1cccc(COCCCOCc2nc(-c3cccc(OC(F)(F)F)c3)oc2C)c1C(=O)O. The molecule has 10 heteroatoms. The van der Waals surface area contributed by atoms with Gasteiger partial charge in [-0.15, -0.1) is 13.2 Å². The van der Waals surface area contributed by atoms with Crippen LogP contribution in [0.5, 0.6) is 5.75 Å². The van der Waals surface area contributed by atoms with Crippen LogP contribution in [-0.4, -0.2) is 35.6 Å². The monoisotopic (exact) mass is 479 g/mol. The maximum Gasteiger partial charge on any atom is 0.573 e. The maximum atomic E-state index is 12.4. The van der Waals surface area contributed by atoms with Gasteiger partial charge in [0, 0.05) is 18.8 Å². The summed E-state index contributed by atoms with van der Waals surface area (Å²) in [6, 6.07) is 10.6. The molecule has 0 saturated heterocycles. The van der Waals surface area contributed by atoms with Gasteiger partial charge in [-0.2, -0.15) is 0 Å². The lowest BCUT2D eigenvalue weighted by Gasteiger charge is -2.10. The second-order valence-electron chi connectivity index (χ2n) is 7.47. The Labute approximate surface area is 194 Å². The predicted molar refractivity (Wildman–Crippen MR) is 115 cm³/mol. The molecule has 182 valence electrons. The summed E-state index contributed by atoms with van der Waals surface area (Å²) in [6.07, 6.45) is -4.21. The number of benzene rings is 2. The van der Waals surface area contributed by atoms with Crippen molar-refractivity contribution in [3.63, 3.8) is 0 Å². The van der Waals surface area contributed by atoms with E-state index >= 15 is 0 Å². The Morgan fingerprint density at radius 1 is 1.06 bits per heavy atom. The minimum atomic E-state index is -4.79. The van der Waals surface area contributed by atoms with Gasteiger partial charge in [-0.1, -0.05) is 24.3 Å². The summed E-state index contributed by atoms with van der Waals surface area (Å²) in [5.41, 5.74) is 2.43. The van der Waals surface area contributed by atoms with E-state index in [1.807, 2.05) is 0 Å². The normalized spacial score (nSPS) is 11.6. The zero-order valence-corrected chi connectivity index (χ0v) is 18.6. The third-order valence-corrected chi connectivity index (χ3v) is 4.85. The molecule has 0 aliphatic heterocycles. The summed E-state index contributed by atoms with van der Waals surface area (Å²) >= 11 is 0. The Kier molecular flexibility index (Phi) is 8.30. The first-order valence-corrected chi connectivity index (χ1v) is 10.4. The van der Waals surface area contributed by atoms with Gasteiger partial charge in [-0.25, -0.2) is 9.78 Å². The average molecular weight is 479 g/mol. The molecule has 0 bridgehead atoms. The number of alkyl halides is 3. The van der Waals surface area contributed by atoms with Crippen molar-refractivity contribution in [1.29, 1.82) is 0 Å². The highest BCUT2D eigenvalue weighted by atomic mass is 19.4. The van der Waals surface area contributed by atoms with E-state index < -0.39 is 12.3 Å². The number of aromatic carboxylic acids is 1. The minimum absolute atomic E-state index is 0.162. The molecule has 34 heavy (non-hydrogen) atoms. The molecule has 7 nitrogen and oxygen atoms in total. The van der Waals surface area contributed by atoms with E-state index in [1.54, 1.807) is 38.1 Å². The lowest BCUT2D eigenvalue weighted by molar-refractivity contribution is -0.274. The van der Waals surface area contributed by atoms with Gasteiger partial charge in [-0.3, -0.25) is 0 Å². The van der Waals surface area contributed by atoms with E-state index in [0.29, 0.717) is 47.8 Å². The summed E-state index contributed by atoms with van der Waals surface area (Å²) < 4.78 is 58.0. The summed E-state index contributed by atoms with van der Waals surface area (Å²) in [5, 5.41) is 9.34. The van der Waals surface area contributed by atoms with Crippen LogP contribution in [-0.2, 0) is 22.7 Å². The molecule has 0 aliphatic rings. The fourth-order valence-corrected chi connectivity index (χ4v) is 3.28. The Morgan fingerprint density at radius 3 is 2.47 bits per heavy atom. The Balaban J connectivity index is 1.45. The first-order chi connectivity index (χ1) is 16.1. The van der Waals surface area contributed by atoms with E-state index in [2.05, 4.69) is 9.72 Å². The Bertz CT molecular complexity index is 1130. The molecule has 0 spiro atoms. The molecule has 1 aromatic heterocycles. The Morgan fingerprint density at radius 2 is 1.76 bits per heavy atom. The van der Waals surface area contributed by atoms with E-state index in [0.717, 1.165) is 0 Å². The van der Waals surface area contributed by atoms with Crippen LogP contribution in [0.2, 0.25) is 0 Å². The molecule has 1 N–H and O–H groups in total. The van der Waals surface area contributed by atoms with Crippen molar-refractivity contribution in [1.82, 2.24) is 4.98 Å². The number of ether oxygens (including phenoxy) is 3. The highest BCUT2D eigenvalue weighted by Crippen LogP contribution is 2.28. The summed E-state index contributed by atoms with van der Waals surface area (Å²) in [4.78, 5) is 15.7. The van der Waals surface area contributed by atoms with Crippen molar-refractivity contribution in [3.05, 3.63) is 70.6 Å². The van der Waals surface area contributed by atoms with Crippen molar-refractivity contribution >= 4 is 5.97 Å². The van der Waals surface area contributed by atoms with Gasteiger partial charge in [0.1, 0.15) is 17.2 Å². The molecule has 3 aromatic rings. The molecule has 0 amide bonds. The minimum Gasteiger partial charge on any atom is -0.478 e. The van der Waals surface area contributed by atoms with Crippen LogP contribution < -0.4 is 4.74 Å². The molecular formula is C24H24F3NO6. The number of rotatable bonds is 11. The van der Waals surface area contributed by atoms with Gasteiger partial charge in [0.2, 0.25) is 5.89 Å². The average Bonchev–Trinajstić information content (AvgIpc) is 3.12. The zero-order chi connectivity index (χ0) is 24.7. The van der Waals surface area contributed by atoms with Crippen LogP contribution in [0.1, 0.15) is 39.4 Å². The molecule has 1 heterocycles. The molecule has 0 unspecified atom stereocenters. The number of carboxylic acid groups (broad SMARTS) is 1. The van der Waals surface area contributed by atoms with Crippen LogP contribution >= 0.6 is 0 Å². The van der Waals surface area contributed by atoms with E-state index in [9.17, 15) is 23.1 Å². The van der Waals surface area contributed by atoms with Gasteiger partial charge < -0.3 is 23.7 Å². The molecule has 3 rings (SSSR count). The third-order valence-electron chi connectivity index (χ3n) is 4.85. The molecule has 0 atom stereocenters. The highest BCUT2D eigenvalue weighted by Gasteiger charge is 2.31. The van der Waals surface area contributed by atoms with Gasteiger partial charge >= 0.3 is 12.3 Å². The van der Waals surface area contributed by atoms with Gasteiger partial charge in [0.25, 0.3) is 0 Å². The number of aromatic nitrogens is 1. The Hall–Kier alpha value is -3.37. The van der Waals surface area contributed by atoms with Crippen molar-refractivity contribution in [2.45, 2.75) is 39.8 Å². The lowest BCUT2D eigenvalue weighted by Crippen LogP contribution is -2.17. The smallest absolute Gasteiger partial charge is 0.478 e. The highest BCUT2D eigenvalue weighted by molar-refractivity contribution is 5.91. The molecular weight excluding hydrogens is 455 g/mol. The van der Waals surface area contributed by atoms with Crippen LogP contribution in [0.3, 0.4) is 0 Å². The number of nitrogens with zero attached hydrogens (tertiary/aromatic N) is 1. The fraction of sp³-hybridized carbons (Fsp3) is 0.333. The number of carboxylic acids is 1. The van der Waals surface area contributed by atoms with Crippen molar-refractivity contribution in [2.24, 2.45) is 0 Å². The quantitative estimate of drug-likeness (QED) is 0.354. The standard InChI is InChI=1S/C24H24F3NO6/c1-15-6-3-8-18(21(15)23(29)30)13-31-10-5-11-32-14-20-16(2)33-22(28-20)17-7-4-9-19(12-17)34-24(25,26)27/h3-4,6-9,12H,5,10-11,13-14H2,1-2H3,(H,29,30). The number of hydrogen-bond donors (Lipinski definition) is 1. The van der Waals surface area contributed by atoms with Crippen LogP contribution in [0, 0.1) is 13.8 Å². The van der Waals surface area contributed by atoms with E-state index in [4.69, 9.17) is 13.9 Å². The zero-order valence-electron chi connectivity index (χ0n) is 18.6. The first kappa shape index (κ1) is 25.3. The second kappa shape index (κ2) is 11.2. The predicted octanol–water partition coefficient (Wildman–Crippen LogP) is 5.68. The van der Waals surface area contributed by atoms with Crippen LogP contribution in [0.25, 0.3) is 11.5 Å². The number of carbonyl (C=O) groups is 1. The number of halogens is 3. The number of hydrogen-bond acceptors (Lipinski definition) is 6. The van der Waals surface area contributed by atoms with Crippen LogP contribution in [0.15, 0.2) is 46.9 Å². The topological polar surface area (TPSA) is 91.0 Å². The fourth-order valence-electron chi connectivity index (χ4n) is 3.28. The molecule has 0 saturated carbocycles. The largest absolute Gasteiger partial charge is 0.573 e. The third kappa shape index (κ3) is 7.06. The van der Waals surface area contributed by atoms with Crippen molar-refractivity contribution in [3.8, 4) is 17.2 Å². The summed E-state index contributed by atoms with van der Waals surface area (Å²) in [7, 11) is 0. The maximum absolute atomic E-state index is 12.4. The summed E-state index contributed by atoms with van der Waals surface area (Å²) in [6.45, 7) is 4.53. The van der Waals surface area contributed by atoms with E-state index in [1.165, 1.54) is 18.2 Å². The number of aryl methyl sites for hydroxylation is 2. The lowest BCUT2D eigenvalue weighted by atomic mass is 10.0. The van der Waals surface area contributed by atoms with E-state index in [-0.39, 0.29) is 30.4 Å². The van der Waals surface area contributed by atoms with Gasteiger partial charge in [0.15, 0.2) is 0 Å². The van der Waals surface area contributed by atoms with Crippen LogP contribution in [0.4, 0.5) is 13.2 Å². The second-order valence-corrected chi connectivity index (χ2v) is 7.47. The number of oxazole rings is 1. The first-order valence-electron chi connectivity index (χ1n) is 10.4. The molecule has 0 radical (unpaired) electrons. The molecule has 2 aromatic carbocycles. The molecule has 0 aliphatic carbocycles. The van der Waals surface area contributed by atoms with Crippen molar-refractivity contribution in [2.75, 3.05) is 13.2 Å². The van der Waals surface area contributed by atoms with Gasteiger partial charge in [0.05, 0.1) is 18.8 Å². The van der Waals surface area contributed by atoms with Gasteiger partial charge in [-0.05, 0) is 49.6 Å². The van der Waals surface area contributed by atoms with Crippen molar-refractivity contribution < 1.29 is 41.7 Å². The summed E-state index contributed by atoms with van der Waals surface area (Å²) in [5.74, 6) is -0.685.